The molecule has 4 rings (SSSR count). The first-order chi connectivity index (χ1) is 16.4. The fourth-order valence-corrected chi connectivity index (χ4v) is 4.07. The van der Waals surface area contributed by atoms with Gasteiger partial charge in [-0.1, -0.05) is 17.7 Å². The molecule has 0 bridgehead atoms. The Morgan fingerprint density at radius 3 is 2.71 bits per heavy atom. The molecule has 6 nitrogen and oxygen atoms in total. The van der Waals surface area contributed by atoms with Crippen molar-refractivity contribution in [1.82, 2.24) is 5.32 Å². The molecule has 1 aliphatic heterocycles. The maximum Gasteiger partial charge on any atom is 0.306 e. The van der Waals surface area contributed by atoms with Crippen LogP contribution in [0.5, 0.6) is 17.2 Å². The predicted octanol–water partition coefficient (Wildman–Crippen LogP) is 4.83. The third kappa shape index (κ3) is 5.98. The van der Waals surface area contributed by atoms with Gasteiger partial charge in [0.25, 0.3) is 0 Å². The molecule has 2 aromatic rings. The van der Waals surface area contributed by atoms with Gasteiger partial charge in [-0.05, 0) is 54.3 Å². The van der Waals surface area contributed by atoms with Gasteiger partial charge in [0.1, 0.15) is 43.8 Å². The average Bonchev–Trinajstić information content (AvgIpc) is 2.80. The summed E-state index contributed by atoms with van der Waals surface area (Å²) in [6.45, 7) is -0.503. The van der Waals surface area contributed by atoms with Gasteiger partial charge >= 0.3 is 5.97 Å². The van der Waals surface area contributed by atoms with Crippen LogP contribution in [0.25, 0.3) is 6.08 Å². The highest BCUT2D eigenvalue weighted by molar-refractivity contribution is 6.32. The van der Waals surface area contributed by atoms with Crippen LogP contribution in [0.15, 0.2) is 42.0 Å². The van der Waals surface area contributed by atoms with Gasteiger partial charge in [0.15, 0.2) is 6.10 Å². The summed E-state index contributed by atoms with van der Waals surface area (Å²) < 4.78 is 42.3. The Morgan fingerprint density at radius 2 is 2.00 bits per heavy atom. The molecule has 2 N–H and O–H groups in total. The van der Waals surface area contributed by atoms with E-state index in [1.54, 1.807) is 18.2 Å². The van der Waals surface area contributed by atoms with Crippen LogP contribution in [-0.2, 0) is 11.4 Å². The summed E-state index contributed by atoms with van der Waals surface area (Å²) in [6, 6.07) is 10.8. The Morgan fingerprint density at radius 1 is 1.21 bits per heavy atom. The molecule has 0 aromatic heterocycles. The molecular formula is C25H26ClF2NO5. The molecule has 0 amide bonds. The molecule has 1 saturated carbocycles. The van der Waals surface area contributed by atoms with Crippen LogP contribution < -0.4 is 19.5 Å². The van der Waals surface area contributed by atoms with Crippen LogP contribution in [-0.4, -0.2) is 49.7 Å². The Kier molecular flexibility index (Phi) is 7.90. The second-order valence-electron chi connectivity index (χ2n) is 8.48. The molecule has 1 aliphatic carbocycles. The van der Waals surface area contributed by atoms with Gasteiger partial charge in [-0.3, -0.25) is 4.79 Å². The minimum absolute atomic E-state index is 0.226. The monoisotopic (exact) mass is 493 g/mol. The molecule has 0 unspecified atom stereocenters. The number of fused-ring (bicyclic) bond motifs is 1. The lowest BCUT2D eigenvalue weighted by atomic mass is 9.80. The standard InChI is InChI=1S/C25H26ClF2NO5/c26-22-6-15(1-4-23(22)34-21(10-27)11-28)13-32-20-3-2-17-5-16(14-33-24(17)9-20)12-29-19-7-18(8-19)25(30)31/h1-6,9,18-19,21,29H,7-8,10-14H2,(H,30,31)/t18-,19+. The lowest BCUT2D eigenvalue weighted by Crippen LogP contribution is -2.45. The summed E-state index contributed by atoms with van der Waals surface area (Å²) in [5, 5.41) is 12.6. The fraction of sp³-hybridized carbons (Fsp3) is 0.400. The minimum atomic E-state index is -1.16. The van der Waals surface area contributed by atoms with Crippen LogP contribution in [0.4, 0.5) is 8.78 Å². The molecule has 34 heavy (non-hydrogen) atoms. The number of carbonyl (C=O) groups is 1. The van der Waals surface area contributed by atoms with Crippen molar-refractivity contribution in [2.75, 3.05) is 26.5 Å². The number of rotatable bonds is 11. The van der Waals surface area contributed by atoms with E-state index in [1.165, 1.54) is 0 Å². The van der Waals surface area contributed by atoms with E-state index in [9.17, 15) is 13.6 Å². The highest BCUT2D eigenvalue weighted by atomic mass is 35.5. The number of ether oxygens (including phenoxy) is 3. The van der Waals surface area contributed by atoms with E-state index in [2.05, 4.69) is 11.4 Å². The van der Waals surface area contributed by atoms with Crippen molar-refractivity contribution in [3.05, 3.63) is 58.1 Å². The van der Waals surface area contributed by atoms with Crippen molar-refractivity contribution in [3.8, 4) is 17.2 Å². The number of alkyl halides is 2. The first-order valence-corrected chi connectivity index (χ1v) is 11.4. The number of hydrogen-bond donors (Lipinski definition) is 2. The molecule has 1 heterocycles. The van der Waals surface area contributed by atoms with Crippen molar-refractivity contribution in [1.29, 1.82) is 0 Å². The number of nitrogens with one attached hydrogen (secondary N) is 1. The number of carboxylic acid groups (broad SMARTS) is 1. The summed E-state index contributed by atoms with van der Waals surface area (Å²) in [4.78, 5) is 10.9. The second-order valence-corrected chi connectivity index (χ2v) is 8.88. The second kappa shape index (κ2) is 11.1. The molecule has 0 spiro atoms. The zero-order chi connectivity index (χ0) is 24.1. The number of aliphatic carboxylic acids is 1. The molecule has 0 saturated heterocycles. The fourth-order valence-electron chi connectivity index (χ4n) is 3.82. The predicted molar refractivity (Wildman–Crippen MR) is 124 cm³/mol. The summed E-state index contributed by atoms with van der Waals surface area (Å²) in [7, 11) is 0. The number of benzene rings is 2. The van der Waals surface area contributed by atoms with Crippen molar-refractivity contribution in [3.63, 3.8) is 0 Å². The molecule has 0 radical (unpaired) electrons. The third-order valence-corrected chi connectivity index (χ3v) is 6.20. The molecular weight excluding hydrogens is 468 g/mol. The molecule has 0 atom stereocenters. The summed E-state index contributed by atoms with van der Waals surface area (Å²) in [6.07, 6.45) is 2.24. The van der Waals surface area contributed by atoms with E-state index in [1.807, 2.05) is 18.2 Å². The molecule has 1 fully saturated rings. The lowest BCUT2D eigenvalue weighted by Gasteiger charge is -2.33. The highest BCUT2D eigenvalue weighted by Gasteiger charge is 2.34. The zero-order valence-electron chi connectivity index (χ0n) is 18.4. The average molecular weight is 494 g/mol. The number of hydrogen-bond acceptors (Lipinski definition) is 5. The lowest BCUT2D eigenvalue weighted by molar-refractivity contribution is -0.145. The van der Waals surface area contributed by atoms with Crippen LogP contribution in [0.1, 0.15) is 24.0 Å². The molecule has 182 valence electrons. The Hall–Kier alpha value is -2.84. The maximum atomic E-state index is 12.7. The van der Waals surface area contributed by atoms with E-state index < -0.39 is 25.4 Å². The van der Waals surface area contributed by atoms with Crippen molar-refractivity contribution >= 4 is 23.6 Å². The normalized spacial score (nSPS) is 19.0. The first kappa shape index (κ1) is 24.3. The van der Waals surface area contributed by atoms with Gasteiger partial charge in [0, 0.05) is 24.2 Å². The van der Waals surface area contributed by atoms with E-state index in [0.29, 0.717) is 31.7 Å². The third-order valence-electron chi connectivity index (χ3n) is 5.90. The SMILES string of the molecule is O=C(O)[C@H]1C[C@@H](NCC2=Cc3ccc(OCc4ccc(OC(CF)CF)c(Cl)c4)cc3OC2)C1. The largest absolute Gasteiger partial charge is 0.489 e. The van der Waals surface area contributed by atoms with Gasteiger partial charge in [0.2, 0.25) is 0 Å². The summed E-state index contributed by atoms with van der Waals surface area (Å²) in [5.74, 6) is 0.629. The van der Waals surface area contributed by atoms with Crippen LogP contribution in [0, 0.1) is 5.92 Å². The van der Waals surface area contributed by atoms with E-state index >= 15 is 0 Å². The van der Waals surface area contributed by atoms with Crippen molar-refractivity contribution in [2.24, 2.45) is 5.92 Å². The maximum absolute atomic E-state index is 12.7. The van der Waals surface area contributed by atoms with Gasteiger partial charge in [-0.15, -0.1) is 0 Å². The van der Waals surface area contributed by atoms with Gasteiger partial charge in [-0.2, -0.15) is 0 Å². The molecule has 9 heteroatoms. The Labute approximate surface area is 201 Å². The molecule has 2 aliphatic rings. The van der Waals surface area contributed by atoms with Crippen LogP contribution in [0.2, 0.25) is 5.02 Å². The van der Waals surface area contributed by atoms with Crippen LogP contribution >= 0.6 is 11.6 Å². The Bertz CT molecular complexity index is 1050. The van der Waals surface area contributed by atoms with E-state index in [0.717, 1.165) is 22.4 Å². The van der Waals surface area contributed by atoms with E-state index in [4.69, 9.17) is 30.9 Å². The number of carboxylic acids is 1. The van der Waals surface area contributed by atoms with Crippen molar-refractivity contribution < 1.29 is 32.9 Å². The topological polar surface area (TPSA) is 77.0 Å². The minimum Gasteiger partial charge on any atom is -0.489 e. The van der Waals surface area contributed by atoms with E-state index in [-0.39, 0.29) is 29.3 Å². The van der Waals surface area contributed by atoms with Gasteiger partial charge in [0.05, 0.1) is 10.9 Å². The zero-order valence-corrected chi connectivity index (χ0v) is 19.2. The molecule has 2 aromatic carbocycles. The Balaban J connectivity index is 1.29. The first-order valence-electron chi connectivity index (χ1n) is 11.1. The summed E-state index contributed by atoms with van der Waals surface area (Å²) >= 11 is 6.17. The highest BCUT2D eigenvalue weighted by Crippen LogP contribution is 2.32. The van der Waals surface area contributed by atoms with Gasteiger partial charge in [-0.25, -0.2) is 8.78 Å². The summed E-state index contributed by atoms with van der Waals surface area (Å²) in [5.41, 5.74) is 2.83. The quantitative estimate of drug-likeness (QED) is 0.467. The van der Waals surface area contributed by atoms with Crippen molar-refractivity contribution in [2.45, 2.75) is 31.6 Å². The smallest absolute Gasteiger partial charge is 0.306 e. The van der Waals surface area contributed by atoms with Crippen LogP contribution in [0.3, 0.4) is 0 Å². The number of halogens is 3. The van der Waals surface area contributed by atoms with Gasteiger partial charge < -0.3 is 24.6 Å².